The monoisotopic (exact) mass is 268 g/mol. The third-order valence-electron chi connectivity index (χ3n) is 3.42. The van der Waals surface area contributed by atoms with E-state index in [4.69, 9.17) is 20.6 Å². The van der Waals surface area contributed by atoms with E-state index in [1.54, 1.807) is 0 Å². The lowest BCUT2D eigenvalue weighted by molar-refractivity contribution is -0.129. The van der Waals surface area contributed by atoms with Gasteiger partial charge in [-0.2, -0.15) is 0 Å². The predicted octanol–water partition coefficient (Wildman–Crippen LogP) is 2.22. The molecule has 0 atom stereocenters. The molecule has 1 fully saturated rings. The SMILES string of the molecule is N=C(N)c1ccc(C2(c3ccccc3)OCCO2)cc1. The molecule has 4 nitrogen and oxygen atoms in total. The van der Waals surface area contributed by atoms with Crippen LogP contribution in [0, 0.1) is 5.41 Å². The minimum atomic E-state index is -0.851. The van der Waals surface area contributed by atoms with Gasteiger partial charge in [-0.15, -0.1) is 0 Å². The maximum Gasteiger partial charge on any atom is 0.222 e. The first-order chi connectivity index (χ1) is 9.72. The highest BCUT2D eigenvalue weighted by atomic mass is 16.7. The van der Waals surface area contributed by atoms with E-state index in [-0.39, 0.29) is 5.84 Å². The van der Waals surface area contributed by atoms with Crippen LogP contribution in [0.5, 0.6) is 0 Å². The summed E-state index contributed by atoms with van der Waals surface area (Å²) in [6.07, 6.45) is 0. The summed E-state index contributed by atoms with van der Waals surface area (Å²) in [7, 11) is 0. The van der Waals surface area contributed by atoms with Gasteiger partial charge in [0.1, 0.15) is 5.84 Å². The van der Waals surface area contributed by atoms with Crippen LogP contribution in [-0.4, -0.2) is 19.0 Å². The van der Waals surface area contributed by atoms with Gasteiger partial charge in [0.05, 0.1) is 13.2 Å². The normalized spacial score (nSPS) is 17.0. The summed E-state index contributed by atoms with van der Waals surface area (Å²) in [5.41, 5.74) is 8.05. The van der Waals surface area contributed by atoms with Gasteiger partial charge in [0.25, 0.3) is 0 Å². The van der Waals surface area contributed by atoms with Gasteiger partial charge in [-0.25, -0.2) is 0 Å². The van der Waals surface area contributed by atoms with Crippen LogP contribution in [-0.2, 0) is 15.3 Å². The minimum Gasteiger partial charge on any atom is -0.384 e. The van der Waals surface area contributed by atoms with Crippen LogP contribution in [0.25, 0.3) is 0 Å². The smallest absolute Gasteiger partial charge is 0.222 e. The topological polar surface area (TPSA) is 68.3 Å². The fourth-order valence-corrected chi connectivity index (χ4v) is 2.44. The van der Waals surface area contributed by atoms with E-state index in [0.717, 1.165) is 11.1 Å². The van der Waals surface area contributed by atoms with E-state index < -0.39 is 5.79 Å². The zero-order chi connectivity index (χ0) is 14.0. The molecule has 0 bridgehead atoms. The Bertz CT molecular complexity index is 602. The highest BCUT2D eigenvalue weighted by Gasteiger charge is 2.40. The van der Waals surface area contributed by atoms with Crippen LogP contribution < -0.4 is 5.73 Å². The van der Waals surface area contributed by atoms with Crippen molar-refractivity contribution in [3.8, 4) is 0 Å². The van der Waals surface area contributed by atoms with Gasteiger partial charge in [0.2, 0.25) is 5.79 Å². The van der Waals surface area contributed by atoms with E-state index >= 15 is 0 Å². The maximum absolute atomic E-state index is 7.44. The lowest BCUT2D eigenvalue weighted by Gasteiger charge is -2.28. The van der Waals surface area contributed by atoms with E-state index in [9.17, 15) is 0 Å². The zero-order valence-electron chi connectivity index (χ0n) is 11.0. The van der Waals surface area contributed by atoms with Gasteiger partial charge < -0.3 is 15.2 Å². The van der Waals surface area contributed by atoms with E-state index in [1.165, 1.54) is 0 Å². The quantitative estimate of drug-likeness (QED) is 0.662. The molecule has 3 N–H and O–H groups in total. The third-order valence-corrected chi connectivity index (χ3v) is 3.42. The molecule has 3 rings (SSSR count). The average Bonchev–Trinajstić information content (AvgIpc) is 2.99. The summed E-state index contributed by atoms with van der Waals surface area (Å²) in [4.78, 5) is 0. The average molecular weight is 268 g/mol. The van der Waals surface area contributed by atoms with Crippen molar-refractivity contribution in [2.45, 2.75) is 5.79 Å². The Morgan fingerprint density at radius 2 is 1.45 bits per heavy atom. The maximum atomic E-state index is 7.44. The van der Waals surface area contributed by atoms with Gasteiger partial charge in [0.15, 0.2) is 0 Å². The van der Waals surface area contributed by atoms with Crippen LogP contribution in [0.1, 0.15) is 16.7 Å². The predicted molar refractivity (Wildman–Crippen MR) is 76.6 cm³/mol. The molecule has 0 aliphatic carbocycles. The Morgan fingerprint density at radius 3 is 2.00 bits per heavy atom. The first-order valence-electron chi connectivity index (χ1n) is 6.51. The molecule has 0 radical (unpaired) electrons. The van der Waals surface area contributed by atoms with Crippen LogP contribution in [0.4, 0.5) is 0 Å². The summed E-state index contributed by atoms with van der Waals surface area (Å²) in [5, 5.41) is 7.44. The molecule has 4 heteroatoms. The molecule has 0 saturated carbocycles. The Hall–Kier alpha value is -2.17. The van der Waals surface area contributed by atoms with Gasteiger partial charge in [-0.1, -0.05) is 54.6 Å². The highest BCUT2D eigenvalue weighted by Crippen LogP contribution is 2.38. The van der Waals surface area contributed by atoms with E-state index in [1.807, 2.05) is 54.6 Å². The molecular weight excluding hydrogens is 252 g/mol. The van der Waals surface area contributed by atoms with Crippen molar-refractivity contribution in [2.75, 3.05) is 13.2 Å². The van der Waals surface area contributed by atoms with Crippen LogP contribution in [0.3, 0.4) is 0 Å². The molecular formula is C16H16N2O2. The minimum absolute atomic E-state index is 0.0542. The second kappa shape index (κ2) is 5.07. The molecule has 1 saturated heterocycles. The largest absolute Gasteiger partial charge is 0.384 e. The molecule has 0 spiro atoms. The molecule has 1 aliphatic rings. The number of amidine groups is 1. The Morgan fingerprint density at radius 1 is 0.900 bits per heavy atom. The van der Waals surface area contributed by atoms with Crippen molar-refractivity contribution in [1.29, 1.82) is 5.41 Å². The molecule has 0 unspecified atom stereocenters. The lowest BCUT2D eigenvalue weighted by atomic mass is 9.96. The summed E-state index contributed by atoms with van der Waals surface area (Å²) in [5.74, 6) is -0.796. The fraction of sp³-hybridized carbons (Fsp3) is 0.188. The number of rotatable bonds is 3. The molecule has 0 amide bonds. The van der Waals surface area contributed by atoms with Crippen molar-refractivity contribution in [2.24, 2.45) is 5.73 Å². The third kappa shape index (κ3) is 2.09. The molecule has 2 aromatic rings. The number of ether oxygens (including phenoxy) is 2. The summed E-state index contributed by atoms with van der Waals surface area (Å²) in [6.45, 7) is 1.12. The number of nitrogen functional groups attached to an aromatic ring is 1. The second-order valence-corrected chi connectivity index (χ2v) is 4.67. The van der Waals surface area contributed by atoms with Gasteiger partial charge in [0, 0.05) is 16.7 Å². The Balaban J connectivity index is 2.05. The molecule has 102 valence electrons. The fourth-order valence-electron chi connectivity index (χ4n) is 2.44. The van der Waals surface area contributed by atoms with Crippen molar-refractivity contribution < 1.29 is 9.47 Å². The number of nitrogens with two attached hydrogens (primary N) is 1. The van der Waals surface area contributed by atoms with Crippen molar-refractivity contribution in [3.63, 3.8) is 0 Å². The van der Waals surface area contributed by atoms with E-state index in [0.29, 0.717) is 18.8 Å². The summed E-state index contributed by atoms with van der Waals surface area (Å²) < 4.78 is 11.8. The standard InChI is InChI=1S/C16H16N2O2/c17-15(18)12-6-8-14(9-7-12)16(19-10-11-20-16)13-4-2-1-3-5-13/h1-9H,10-11H2,(H3,17,18). The van der Waals surface area contributed by atoms with Gasteiger partial charge >= 0.3 is 0 Å². The van der Waals surface area contributed by atoms with Crippen LogP contribution in [0.2, 0.25) is 0 Å². The van der Waals surface area contributed by atoms with Crippen molar-refractivity contribution in [3.05, 3.63) is 71.3 Å². The number of benzene rings is 2. The van der Waals surface area contributed by atoms with Crippen molar-refractivity contribution >= 4 is 5.84 Å². The molecule has 1 aliphatic heterocycles. The Kier molecular flexibility index (Phi) is 3.26. The van der Waals surface area contributed by atoms with Gasteiger partial charge in [-0.05, 0) is 0 Å². The molecule has 0 aromatic heterocycles. The Labute approximate surface area is 117 Å². The molecule has 2 aromatic carbocycles. The first-order valence-corrected chi connectivity index (χ1v) is 6.51. The van der Waals surface area contributed by atoms with E-state index in [2.05, 4.69) is 0 Å². The summed E-state index contributed by atoms with van der Waals surface area (Å²) >= 11 is 0. The second-order valence-electron chi connectivity index (χ2n) is 4.67. The van der Waals surface area contributed by atoms with Crippen LogP contribution >= 0.6 is 0 Å². The molecule has 20 heavy (non-hydrogen) atoms. The van der Waals surface area contributed by atoms with Crippen LogP contribution in [0.15, 0.2) is 54.6 Å². The molecule has 1 heterocycles. The first kappa shape index (κ1) is 12.8. The number of hydrogen-bond donors (Lipinski definition) is 2. The zero-order valence-corrected chi connectivity index (χ0v) is 11.0. The van der Waals surface area contributed by atoms with Crippen molar-refractivity contribution in [1.82, 2.24) is 0 Å². The lowest BCUT2D eigenvalue weighted by Crippen LogP contribution is -2.28. The highest BCUT2D eigenvalue weighted by molar-refractivity contribution is 5.94. The summed E-state index contributed by atoms with van der Waals surface area (Å²) in [6, 6.07) is 17.3. The number of hydrogen-bond acceptors (Lipinski definition) is 3. The number of nitrogens with one attached hydrogen (secondary N) is 1. The van der Waals surface area contributed by atoms with Gasteiger partial charge in [-0.3, -0.25) is 5.41 Å².